The van der Waals surface area contributed by atoms with Crippen LogP contribution in [0.3, 0.4) is 0 Å². The Morgan fingerprint density at radius 1 is 1.30 bits per heavy atom. The van der Waals surface area contributed by atoms with Crippen molar-refractivity contribution in [1.29, 1.82) is 0 Å². The lowest BCUT2D eigenvalue weighted by atomic mass is 10.2. The van der Waals surface area contributed by atoms with Gasteiger partial charge in [0.25, 0.3) is 0 Å². The van der Waals surface area contributed by atoms with Gasteiger partial charge in [0.1, 0.15) is 11.6 Å². The molecule has 6 nitrogen and oxygen atoms in total. The van der Waals surface area contributed by atoms with E-state index in [0.29, 0.717) is 18.0 Å². The van der Waals surface area contributed by atoms with Crippen molar-refractivity contribution in [1.82, 2.24) is 10.6 Å². The monoisotopic (exact) mass is 317 g/mol. The van der Waals surface area contributed by atoms with Crippen molar-refractivity contribution >= 4 is 17.6 Å². The van der Waals surface area contributed by atoms with Gasteiger partial charge in [0, 0.05) is 18.7 Å². The van der Waals surface area contributed by atoms with Gasteiger partial charge in [0.15, 0.2) is 0 Å². The molecule has 1 fully saturated rings. The lowest BCUT2D eigenvalue weighted by molar-refractivity contribution is -0.117. The average molecular weight is 317 g/mol. The highest BCUT2D eigenvalue weighted by molar-refractivity contribution is 5.96. The summed E-state index contributed by atoms with van der Waals surface area (Å²) in [6, 6.07) is 8.56. The minimum absolute atomic E-state index is 0.104. The van der Waals surface area contributed by atoms with E-state index in [9.17, 15) is 14.0 Å². The number of urea groups is 1. The van der Waals surface area contributed by atoms with Gasteiger partial charge in [-0.3, -0.25) is 4.79 Å². The van der Waals surface area contributed by atoms with Gasteiger partial charge in [-0.15, -0.1) is 0 Å². The van der Waals surface area contributed by atoms with Gasteiger partial charge in [-0.25, -0.2) is 9.18 Å². The van der Waals surface area contributed by atoms with E-state index >= 15 is 0 Å². The Kier molecular flexibility index (Phi) is 4.27. The fraction of sp³-hybridized carbons (Fsp3) is 0.250. The van der Waals surface area contributed by atoms with E-state index in [2.05, 4.69) is 10.6 Å². The van der Waals surface area contributed by atoms with Gasteiger partial charge in [-0.1, -0.05) is 0 Å². The number of anilines is 1. The zero-order chi connectivity index (χ0) is 16.2. The van der Waals surface area contributed by atoms with Crippen LogP contribution in [0.5, 0.6) is 0 Å². The Balaban J connectivity index is 1.53. The van der Waals surface area contributed by atoms with Crippen molar-refractivity contribution in [2.75, 3.05) is 11.4 Å². The van der Waals surface area contributed by atoms with Crippen molar-refractivity contribution in [2.45, 2.75) is 19.0 Å². The molecule has 2 aromatic rings. The molecule has 1 aromatic carbocycles. The van der Waals surface area contributed by atoms with E-state index in [-0.39, 0.29) is 36.8 Å². The topological polar surface area (TPSA) is 74.6 Å². The summed E-state index contributed by atoms with van der Waals surface area (Å²) in [4.78, 5) is 25.4. The van der Waals surface area contributed by atoms with Crippen molar-refractivity contribution < 1.29 is 18.4 Å². The number of nitrogens with zero attached hydrogens (tertiary/aromatic N) is 1. The maximum absolute atomic E-state index is 12.9. The summed E-state index contributed by atoms with van der Waals surface area (Å²) in [5, 5.41) is 5.42. The average Bonchev–Trinajstić information content (AvgIpc) is 3.16. The Morgan fingerprint density at radius 3 is 2.78 bits per heavy atom. The molecule has 1 saturated heterocycles. The van der Waals surface area contributed by atoms with Crippen LogP contribution in [0.25, 0.3) is 0 Å². The molecule has 1 aromatic heterocycles. The largest absolute Gasteiger partial charge is 0.467 e. The van der Waals surface area contributed by atoms with Crippen molar-refractivity contribution in [3.63, 3.8) is 0 Å². The van der Waals surface area contributed by atoms with E-state index in [0.717, 1.165) is 0 Å². The van der Waals surface area contributed by atoms with E-state index < -0.39 is 0 Å². The van der Waals surface area contributed by atoms with Crippen LogP contribution < -0.4 is 15.5 Å². The third kappa shape index (κ3) is 3.68. The molecule has 1 unspecified atom stereocenters. The number of amides is 3. The second-order valence-corrected chi connectivity index (χ2v) is 5.29. The van der Waals surface area contributed by atoms with Crippen LogP contribution in [-0.2, 0) is 11.3 Å². The molecule has 120 valence electrons. The van der Waals surface area contributed by atoms with Gasteiger partial charge in [0.2, 0.25) is 5.91 Å². The standard InChI is InChI=1S/C16H16FN3O3/c17-11-3-5-13(6-4-11)20-10-12(8-15(20)21)19-16(22)18-9-14-2-1-7-23-14/h1-7,12H,8-10H2,(H2,18,19,22). The molecule has 1 aliphatic rings. The quantitative estimate of drug-likeness (QED) is 0.906. The number of hydrogen-bond acceptors (Lipinski definition) is 3. The van der Waals surface area contributed by atoms with Gasteiger partial charge >= 0.3 is 6.03 Å². The number of furan rings is 1. The van der Waals surface area contributed by atoms with Crippen LogP contribution in [0, 0.1) is 5.82 Å². The maximum Gasteiger partial charge on any atom is 0.315 e. The third-order valence-electron chi connectivity index (χ3n) is 3.60. The fourth-order valence-corrected chi connectivity index (χ4v) is 2.49. The highest BCUT2D eigenvalue weighted by Gasteiger charge is 2.31. The van der Waals surface area contributed by atoms with Crippen LogP contribution in [0.15, 0.2) is 47.1 Å². The molecule has 0 bridgehead atoms. The molecule has 0 radical (unpaired) electrons. The predicted molar refractivity (Wildman–Crippen MR) is 81.2 cm³/mol. The first kappa shape index (κ1) is 15.1. The van der Waals surface area contributed by atoms with E-state index in [1.165, 1.54) is 23.3 Å². The third-order valence-corrected chi connectivity index (χ3v) is 3.60. The number of rotatable bonds is 4. The normalized spacial score (nSPS) is 17.3. The molecule has 23 heavy (non-hydrogen) atoms. The summed E-state index contributed by atoms with van der Waals surface area (Å²) in [6.45, 7) is 0.639. The highest BCUT2D eigenvalue weighted by Crippen LogP contribution is 2.21. The van der Waals surface area contributed by atoms with Crippen molar-refractivity contribution in [3.05, 3.63) is 54.2 Å². The zero-order valence-electron chi connectivity index (χ0n) is 12.3. The second kappa shape index (κ2) is 6.51. The minimum atomic E-state index is -0.361. The fourth-order valence-electron chi connectivity index (χ4n) is 2.49. The molecular formula is C16H16FN3O3. The summed E-state index contributed by atoms with van der Waals surface area (Å²) < 4.78 is 18.1. The SMILES string of the molecule is O=C(NCc1ccco1)NC1CC(=O)N(c2ccc(F)cc2)C1. The highest BCUT2D eigenvalue weighted by atomic mass is 19.1. The smallest absolute Gasteiger partial charge is 0.315 e. The first-order valence-corrected chi connectivity index (χ1v) is 7.24. The molecule has 2 heterocycles. The molecular weight excluding hydrogens is 301 g/mol. The molecule has 3 rings (SSSR count). The summed E-state index contributed by atoms with van der Waals surface area (Å²) in [5.41, 5.74) is 0.622. The molecule has 0 aliphatic carbocycles. The maximum atomic E-state index is 12.9. The summed E-state index contributed by atoms with van der Waals surface area (Å²) >= 11 is 0. The number of carbonyl (C=O) groups excluding carboxylic acids is 2. The second-order valence-electron chi connectivity index (χ2n) is 5.29. The lowest BCUT2D eigenvalue weighted by Gasteiger charge is -2.17. The number of hydrogen-bond donors (Lipinski definition) is 2. The lowest BCUT2D eigenvalue weighted by Crippen LogP contribution is -2.43. The number of carbonyl (C=O) groups is 2. The summed E-state index contributed by atoms with van der Waals surface area (Å²) in [7, 11) is 0. The van der Waals surface area contributed by atoms with Gasteiger partial charge in [-0.05, 0) is 36.4 Å². The predicted octanol–water partition coefficient (Wildman–Crippen LogP) is 2.02. The van der Waals surface area contributed by atoms with Crippen LogP contribution in [0.1, 0.15) is 12.2 Å². The Hall–Kier alpha value is -2.83. The number of halogens is 1. The minimum Gasteiger partial charge on any atom is -0.467 e. The molecule has 0 saturated carbocycles. The Labute approximate surface area is 132 Å². The molecule has 1 aliphatic heterocycles. The van der Waals surface area contributed by atoms with Crippen LogP contribution in [0.2, 0.25) is 0 Å². The Morgan fingerprint density at radius 2 is 2.09 bits per heavy atom. The molecule has 7 heteroatoms. The van der Waals surface area contributed by atoms with Crippen molar-refractivity contribution in [3.8, 4) is 0 Å². The van der Waals surface area contributed by atoms with Crippen LogP contribution in [-0.4, -0.2) is 24.5 Å². The first-order valence-electron chi connectivity index (χ1n) is 7.24. The van der Waals surface area contributed by atoms with E-state index in [1.54, 1.807) is 24.3 Å². The summed E-state index contributed by atoms with van der Waals surface area (Å²) in [6.07, 6.45) is 1.75. The molecule has 3 amide bonds. The Bertz CT molecular complexity index is 685. The van der Waals surface area contributed by atoms with Gasteiger partial charge < -0.3 is 20.0 Å². The van der Waals surface area contributed by atoms with E-state index in [4.69, 9.17) is 4.42 Å². The molecule has 1 atom stereocenters. The van der Waals surface area contributed by atoms with Gasteiger partial charge in [-0.2, -0.15) is 0 Å². The molecule has 2 N–H and O–H groups in total. The zero-order valence-corrected chi connectivity index (χ0v) is 12.3. The molecule has 0 spiro atoms. The first-order chi connectivity index (χ1) is 11.1. The van der Waals surface area contributed by atoms with Crippen molar-refractivity contribution in [2.24, 2.45) is 0 Å². The van der Waals surface area contributed by atoms with E-state index in [1.807, 2.05) is 0 Å². The van der Waals surface area contributed by atoms with Gasteiger partial charge in [0.05, 0.1) is 18.8 Å². The number of nitrogens with one attached hydrogen (secondary N) is 2. The van der Waals surface area contributed by atoms with Crippen LogP contribution in [0.4, 0.5) is 14.9 Å². The van der Waals surface area contributed by atoms with Crippen LogP contribution >= 0.6 is 0 Å². The summed E-state index contributed by atoms with van der Waals surface area (Å²) in [5.74, 6) is 0.191. The number of benzene rings is 1.